The van der Waals surface area contributed by atoms with Gasteiger partial charge in [0.05, 0.1) is 5.56 Å². The highest BCUT2D eigenvalue weighted by molar-refractivity contribution is 8.01. The molecule has 114 valence electrons. The van der Waals surface area contributed by atoms with Gasteiger partial charge in [-0.2, -0.15) is 13.2 Å². The molecule has 0 saturated carbocycles. The molecular formula is C12H13F3N4S2. The number of benzene rings is 1. The molecular weight excluding hydrogens is 321 g/mol. The summed E-state index contributed by atoms with van der Waals surface area (Å²) in [6.07, 6.45) is -4.43. The zero-order chi connectivity index (χ0) is 15.6. The van der Waals surface area contributed by atoms with Crippen molar-refractivity contribution in [2.45, 2.75) is 22.0 Å². The highest BCUT2D eigenvalue weighted by atomic mass is 32.2. The minimum atomic E-state index is -4.43. The van der Waals surface area contributed by atoms with Crippen molar-refractivity contribution < 1.29 is 13.2 Å². The van der Waals surface area contributed by atoms with E-state index < -0.39 is 11.7 Å². The predicted molar refractivity (Wildman–Crippen MR) is 77.7 cm³/mol. The quantitative estimate of drug-likeness (QED) is 0.930. The van der Waals surface area contributed by atoms with Crippen LogP contribution in [0.1, 0.15) is 11.1 Å². The van der Waals surface area contributed by atoms with E-state index in [2.05, 4.69) is 10.2 Å². The lowest BCUT2D eigenvalue weighted by Crippen LogP contribution is -2.08. The first kappa shape index (κ1) is 16.1. The highest BCUT2D eigenvalue weighted by Crippen LogP contribution is 2.41. The fraction of sp³-hybridized carbons (Fsp3) is 0.333. The van der Waals surface area contributed by atoms with Crippen molar-refractivity contribution in [2.75, 3.05) is 19.0 Å². The Morgan fingerprint density at radius 2 is 2.00 bits per heavy atom. The maximum Gasteiger partial charge on any atom is 0.417 e. The average Bonchev–Trinajstić information content (AvgIpc) is 2.86. The van der Waals surface area contributed by atoms with Gasteiger partial charge in [0.15, 0.2) is 4.34 Å². The first-order valence-corrected chi connectivity index (χ1v) is 7.53. The van der Waals surface area contributed by atoms with Crippen LogP contribution in [-0.4, -0.2) is 24.3 Å². The van der Waals surface area contributed by atoms with Gasteiger partial charge in [-0.25, -0.2) is 0 Å². The molecule has 0 aliphatic rings. The molecule has 0 bridgehead atoms. The molecule has 2 N–H and O–H groups in total. The normalized spacial score (nSPS) is 11.7. The van der Waals surface area contributed by atoms with Gasteiger partial charge in [-0.15, -0.1) is 10.2 Å². The van der Waals surface area contributed by atoms with Crippen molar-refractivity contribution in [1.29, 1.82) is 0 Å². The fourth-order valence-electron chi connectivity index (χ4n) is 1.53. The molecule has 0 aliphatic heterocycles. The third kappa shape index (κ3) is 3.86. The average molecular weight is 334 g/mol. The molecule has 2 rings (SSSR count). The lowest BCUT2D eigenvalue weighted by atomic mass is 10.1. The zero-order valence-electron chi connectivity index (χ0n) is 11.3. The van der Waals surface area contributed by atoms with Crippen LogP contribution in [0.5, 0.6) is 0 Å². The van der Waals surface area contributed by atoms with Gasteiger partial charge in [-0.1, -0.05) is 29.2 Å². The molecule has 1 heterocycles. The molecule has 2 aromatic rings. The van der Waals surface area contributed by atoms with Crippen molar-refractivity contribution in [3.05, 3.63) is 29.3 Å². The Morgan fingerprint density at radius 1 is 1.29 bits per heavy atom. The number of rotatable bonds is 4. The Bertz CT molecular complexity index is 625. The van der Waals surface area contributed by atoms with Crippen molar-refractivity contribution in [3.63, 3.8) is 0 Å². The molecule has 1 aromatic carbocycles. The van der Waals surface area contributed by atoms with Crippen molar-refractivity contribution in [2.24, 2.45) is 5.73 Å². The summed E-state index contributed by atoms with van der Waals surface area (Å²) in [5.41, 5.74) is 5.15. The molecule has 4 nitrogen and oxygen atoms in total. The molecule has 0 amide bonds. The molecule has 1 aromatic heterocycles. The SMILES string of the molecule is CN(C)c1nnc(Sc2ccc(CN)cc2C(F)(F)F)s1. The molecule has 0 fully saturated rings. The number of anilines is 1. The monoisotopic (exact) mass is 334 g/mol. The third-order valence-electron chi connectivity index (χ3n) is 2.56. The number of nitrogens with two attached hydrogens (primary N) is 1. The Kier molecular flexibility index (Phi) is 4.74. The summed E-state index contributed by atoms with van der Waals surface area (Å²) >= 11 is 2.20. The minimum absolute atomic E-state index is 0.0671. The van der Waals surface area contributed by atoms with Gasteiger partial charge < -0.3 is 10.6 Å². The van der Waals surface area contributed by atoms with Crippen molar-refractivity contribution in [3.8, 4) is 0 Å². The molecule has 0 unspecified atom stereocenters. The predicted octanol–water partition coefficient (Wildman–Crippen LogP) is 3.23. The van der Waals surface area contributed by atoms with Crippen LogP contribution in [0.3, 0.4) is 0 Å². The van der Waals surface area contributed by atoms with E-state index in [0.717, 1.165) is 17.8 Å². The van der Waals surface area contributed by atoms with Crippen molar-refractivity contribution >= 4 is 28.2 Å². The Balaban J connectivity index is 2.34. The Morgan fingerprint density at radius 3 is 2.52 bits per heavy atom. The maximum atomic E-state index is 13.1. The van der Waals surface area contributed by atoms with E-state index >= 15 is 0 Å². The van der Waals surface area contributed by atoms with Gasteiger partial charge in [-0.05, 0) is 17.7 Å². The Labute approximate surface area is 128 Å². The molecule has 21 heavy (non-hydrogen) atoms. The molecule has 9 heteroatoms. The van der Waals surface area contributed by atoms with Crippen LogP contribution in [0.15, 0.2) is 27.4 Å². The lowest BCUT2D eigenvalue weighted by Gasteiger charge is -2.12. The van der Waals surface area contributed by atoms with E-state index in [-0.39, 0.29) is 11.4 Å². The first-order valence-electron chi connectivity index (χ1n) is 5.90. The van der Waals surface area contributed by atoms with E-state index in [1.165, 1.54) is 17.4 Å². The Hall–Kier alpha value is -1.32. The largest absolute Gasteiger partial charge is 0.417 e. The van der Waals surface area contributed by atoms with Gasteiger partial charge in [0.2, 0.25) is 5.13 Å². The lowest BCUT2D eigenvalue weighted by molar-refractivity contribution is -0.139. The number of aromatic nitrogens is 2. The molecule has 0 radical (unpaired) electrons. The highest BCUT2D eigenvalue weighted by Gasteiger charge is 2.34. The van der Waals surface area contributed by atoms with Crippen molar-refractivity contribution in [1.82, 2.24) is 10.2 Å². The van der Waals surface area contributed by atoms with Gasteiger partial charge in [0.1, 0.15) is 0 Å². The van der Waals surface area contributed by atoms with Gasteiger partial charge >= 0.3 is 6.18 Å². The number of hydrogen-bond acceptors (Lipinski definition) is 6. The van der Waals surface area contributed by atoms with Gasteiger partial charge in [-0.3, -0.25) is 0 Å². The molecule has 0 atom stereocenters. The maximum absolute atomic E-state index is 13.1. The first-order chi connectivity index (χ1) is 9.81. The summed E-state index contributed by atoms with van der Waals surface area (Å²) in [5, 5.41) is 8.45. The molecule has 0 aliphatic carbocycles. The van der Waals surface area contributed by atoms with Crippen LogP contribution in [0.4, 0.5) is 18.3 Å². The van der Waals surface area contributed by atoms with E-state index in [0.29, 0.717) is 15.0 Å². The van der Waals surface area contributed by atoms with E-state index in [1.54, 1.807) is 25.1 Å². The van der Waals surface area contributed by atoms with Crippen LogP contribution in [0, 0.1) is 0 Å². The second kappa shape index (κ2) is 6.20. The van der Waals surface area contributed by atoms with Crippen LogP contribution >= 0.6 is 23.1 Å². The summed E-state index contributed by atoms with van der Waals surface area (Å²) in [5.74, 6) is 0. The minimum Gasteiger partial charge on any atom is -0.353 e. The summed E-state index contributed by atoms with van der Waals surface area (Å²) in [6.45, 7) is 0.0671. The summed E-state index contributed by atoms with van der Waals surface area (Å²) in [7, 11) is 3.60. The third-order valence-corrected chi connectivity index (χ3v) is 4.78. The summed E-state index contributed by atoms with van der Waals surface area (Å²) < 4.78 is 39.8. The zero-order valence-corrected chi connectivity index (χ0v) is 12.9. The number of alkyl halides is 3. The number of hydrogen-bond donors (Lipinski definition) is 1. The molecule has 0 spiro atoms. The van der Waals surface area contributed by atoms with E-state index in [1.807, 2.05) is 0 Å². The second-order valence-electron chi connectivity index (χ2n) is 4.38. The number of halogens is 3. The summed E-state index contributed by atoms with van der Waals surface area (Å²) in [4.78, 5) is 1.85. The fourth-order valence-corrected chi connectivity index (χ4v) is 3.39. The van der Waals surface area contributed by atoms with E-state index in [4.69, 9.17) is 5.73 Å². The van der Waals surface area contributed by atoms with E-state index in [9.17, 15) is 13.2 Å². The van der Waals surface area contributed by atoms with Crippen LogP contribution in [-0.2, 0) is 12.7 Å². The standard InChI is InChI=1S/C12H13F3N4S2/c1-19(2)10-17-18-11(21-10)20-9-4-3-7(6-16)5-8(9)12(13,14)15/h3-5H,6,16H2,1-2H3. The molecule has 0 saturated heterocycles. The number of nitrogens with zero attached hydrogens (tertiary/aromatic N) is 3. The van der Waals surface area contributed by atoms with Gasteiger partial charge in [0, 0.05) is 25.5 Å². The van der Waals surface area contributed by atoms with Gasteiger partial charge in [0.25, 0.3) is 0 Å². The van der Waals surface area contributed by atoms with Crippen LogP contribution < -0.4 is 10.6 Å². The van der Waals surface area contributed by atoms with Crippen LogP contribution in [0.25, 0.3) is 0 Å². The summed E-state index contributed by atoms with van der Waals surface area (Å²) in [6, 6.07) is 4.09. The second-order valence-corrected chi connectivity index (χ2v) is 6.62. The van der Waals surface area contributed by atoms with Crippen LogP contribution in [0.2, 0.25) is 0 Å². The smallest absolute Gasteiger partial charge is 0.353 e. The topological polar surface area (TPSA) is 55.0 Å².